The number of hydrogen-bond acceptors (Lipinski definition) is 1. The zero-order chi connectivity index (χ0) is 15.0. The summed E-state index contributed by atoms with van der Waals surface area (Å²) < 4.78 is 38.4. The fraction of sp³-hybridized carbons (Fsp3) is 0.500. The first-order valence-electron chi connectivity index (χ1n) is 6.47. The van der Waals surface area contributed by atoms with E-state index in [2.05, 4.69) is 21.2 Å². The van der Waals surface area contributed by atoms with Gasteiger partial charge < -0.3 is 5.32 Å². The van der Waals surface area contributed by atoms with Crippen LogP contribution >= 0.6 is 15.9 Å². The molecule has 0 unspecified atom stereocenters. The standard InChI is InChI=1S/C14H15BrF3NO/c1-2-13(6-3-7-13)19-12(20)9-4-5-11(15)10(8-9)14(16,17)18/h4-5,8H,2-3,6-7H2,1H3,(H,19,20). The number of alkyl halides is 3. The van der Waals surface area contributed by atoms with Crippen LogP contribution in [0.2, 0.25) is 0 Å². The molecule has 20 heavy (non-hydrogen) atoms. The van der Waals surface area contributed by atoms with Gasteiger partial charge in [0.1, 0.15) is 0 Å². The molecule has 0 atom stereocenters. The summed E-state index contributed by atoms with van der Waals surface area (Å²) in [6.45, 7) is 1.97. The van der Waals surface area contributed by atoms with Gasteiger partial charge in [-0.25, -0.2) is 0 Å². The predicted octanol–water partition coefficient (Wildman–Crippen LogP) is 4.53. The van der Waals surface area contributed by atoms with Gasteiger partial charge in [0.05, 0.1) is 5.56 Å². The molecule has 0 aromatic heterocycles. The maximum absolute atomic E-state index is 12.8. The van der Waals surface area contributed by atoms with Crippen LogP contribution in [0.15, 0.2) is 22.7 Å². The summed E-state index contributed by atoms with van der Waals surface area (Å²) in [6, 6.07) is 3.55. The second-order valence-corrected chi connectivity index (χ2v) is 5.99. The molecule has 1 aliphatic carbocycles. The predicted molar refractivity (Wildman–Crippen MR) is 73.5 cm³/mol. The van der Waals surface area contributed by atoms with Crippen molar-refractivity contribution in [1.82, 2.24) is 5.32 Å². The Labute approximate surface area is 123 Å². The van der Waals surface area contributed by atoms with Crippen molar-refractivity contribution in [3.8, 4) is 0 Å². The highest BCUT2D eigenvalue weighted by molar-refractivity contribution is 9.10. The normalized spacial score (nSPS) is 17.4. The van der Waals surface area contributed by atoms with Gasteiger partial charge in [0.25, 0.3) is 5.91 Å². The Morgan fingerprint density at radius 1 is 1.40 bits per heavy atom. The highest BCUT2D eigenvalue weighted by Gasteiger charge is 2.37. The van der Waals surface area contributed by atoms with E-state index in [9.17, 15) is 18.0 Å². The molecule has 1 saturated carbocycles. The third-order valence-electron chi connectivity index (χ3n) is 3.90. The van der Waals surface area contributed by atoms with E-state index >= 15 is 0 Å². The van der Waals surface area contributed by atoms with E-state index in [0.717, 1.165) is 31.7 Å². The molecule has 0 saturated heterocycles. The molecule has 2 nitrogen and oxygen atoms in total. The van der Waals surface area contributed by atoms with Crippen LogP contribution in [-0.2, 0) is 6.18 Å². The van der Waals surface area contributed by atoms with Crippen molar-refractivity contribution in [1.29, 1.82) is 0 Å². The highest BCUT2D eigenvalue weighted by Crippen LogP contribution is 2.37. The largest absolute Gasteiger partial charge is 0.417 e. The molecule has 1 aromatic carbocycles. The van der Waals surface area contributed by atoms with Gasteiger partial charge in [-0.3, -0.25) is 4.79 Å². The molecule has 1 aromatic rings. The van der Waals surface area contributed by atoms with E-state index in [0.29, 0.717) is 0 Å². The Kier molecular flexibility index (Phi) is 4.14. The van der Waals surface area contributed by atoms with E-state index in [1.807, 2.05) is 6.92 Å². The lowest BCUT2D eigenvalue weighted by atomic mass is 9.74. The minimum atomic E-state index is -4.48. The van der Waals surface area contributed by atoms with Crippen LogP contribution < -0.4 is 5.32 Å². The quantitative estimate of drug-likeness (QED) is 0.853. The average molecular weight is 350 g/mol. The summed E-state index contributed by atoms with van der Waals surface area (Å²) >= 11 is 2.86. The van der Waals surface area contributed by atoms with Crippen LogP contribution in [0.25, 0.3) is 0 Å². The first kappa shape index (κ1) is 15.4. The van der Waals surface area contributed by atoms with Crippen molar-refractivity contribution in [2.45, 2.75) is 44.3 Å². The topological polar surface area (TPSA) is 29.1 Å². The molecule has 6 heteroatoms. The molecule has 0 radical (unpaired) electrons. The number of carbonyl (C=O) groups excluding carboxylic acids is 1. The van der Waals surface area contributed by atoms with Crippen molar-refractivity contribution in [2.24, 2.45) is 0 Å². The molecular formula is C14H15BrF3NO. The summed E-state index contributed by atoms with van der Waals surface area (Å²) in [5, 5.41) is 2.87. The molecule has 0 spiro atoms. The number of halogens is 4. The molecule has 1 N–H and O–H groups in total. The fourth-order valence-electron chi connectivity index (χ4n) is 2.37. The maximum atomic E-state index is 12.8. The highest BCUT2D eigenvalue weighted by atomic mass is 79.9. The lowest BCUT2D eigenvalue weighted by Gasteiger charge is -2.42. The van der Waals surface area contributed by atoms with Gasteiger partial charge in [0.2, 0.25) is 0 Å². The van der Waals surface area contributed by atoms with E-state index < -0.39 is 17.6 Å². The molecule has 0 heterocycles. The number of carbonyl (C=O) groups is 1. The smallest absolute Gasteiger partial charge is 0.347 e. The van der Waals surface area contributed by atoms with Crippen LogP contribution in [0.3, 0.4) is 0 Å². The van der Waals surface area contributed by atoms with E-state index in [4.69, 9.17) is 0 Å². The van der Waals surface area contributed by atoms with Crippen molar-refractivity contribution >= 4 is 21.8 Å². The third kappa shape index (κ3) is 3.00. The number of nitrogens with one attached hydrogen (secondary N) is 1. The molecule has 1 amide bonds. The van der Waals surface area contributed by atoms with Crippen LogP contribution in [0.4, 0.5) is 13.2 Å². The second kappa shape index (κ2) is 5.39. The molecule has 1 aliphatic rings. The van der Waals surface area contributed by atoms with Gasteiger partial charge in [-0.05, 0) is 43.9 Å². The minimum absolute atomic E-state index is 0.0419. The van der Waals surface area contributed by atoms with Crippen molar-refractivity contribution in [3.05, 3.63) is 33.8 Å². The van der Waals surface area contributed by atoms with E-state index in [1.165, 1.54) is 12.1 Å². The van der Waals surface area contributed by atoms with Crippen molar-refractivity contribution in [2.75, 3.05) is 0 Å². The van der Waals surface area contributed by atoms with Crippen molar-refractivity contribution < 1.29 is 18.0 Å². The lowest BCUT2D eigenvalue weighted by molar-refractivity contribution is -0.138. The van der Waals surface area contributed by atoms with Crippen LogP contribution in [-0.4, -0.2) is 11.4 Å². The molecule has 0 bridgehead atoms. The first-order valence-corrected chi connectivity index (χ1v) is 7.26. The Morgan fingerprint density at radius 3 is 2.50 bits per heavy atom. The zero-order valence-corrected chi connectivity index (χ0v) is 12.6. The molecule has 110 valence electrons. The zero-order valence-electron chi connectivity index (χ0n) is 11.0. The van der Waals surface area contributed by atoms with Gasteiger partial charge in [-0.15, -0.1) is 0 Å². The first-order chi connectivity index (χ1) is 9.27. The Morgan fingerprint density at radius 2 is 2.05 bits per heavy atom. The van der Waals surface area contributed by atoms with Gasteiger partial charge >= 0.3 is 6.18 Å². The summed E-state index contributed by atoms with van der Waals surface area (Å²) in [4.78, 5) is 12.1. The van der Waals surface area contributed by atoms with Gasteiger partial charge in [-0.1, -0.05) is 22.9 Å². The Hall–Kier alpha value is -1.04. The SMILES string of the molecule is CCC1(NC(=O)c2ccc(Br)c(C(F)(F)F)c2)CCC1. The summed E-state index contributed by atoms with van der Waals surface area (Å²) in [6.07, 6.45) is -0.868. The lowest BCUT2D eigenvalue weighted by Crippen LogP contribution is -2.53. The number of benzene rings is 1. The molecule has 0 aliphatic heterocycles. The van der Waals surface area contributed by atoms with Crippen molar-refractivity contribution in [3.63, 3.8) is 0 Å². The van der Waals surface area contributed by atoms with Gasteiger partial charge in [0.15, 0.2) is 0 Å². The summed E-state index contributed by atoms with van der Waals surface area (Å²) in [5.41, 5.74) is -1.02. The molecule has 2 rings (SSSR count). The van der Waals surface area contributed by atoms with E-state index in [1.54, 1.807) is 0 Å². The monoisotopic (exact) mass is 349 g/mol. The number of rotatable bonds is 3. The van der Waals surface area contributed by atoms with Gasteiger partial charge in [0, 0.05) is 15.6 Å². The Balaban J connectivity index is 2.23. The fourth-order valence-corrected chi connectivity index (χ4v) is 2.84. The summed E-state index contributed by atoms with van der Waals surface area (Å²) in [7, 11) is 0. The third-order valence-corrected chi connectivity index (χ3v) is 4.59. The molecule has 1 fully saturated rings. The average Bonchev–Trinajstić information content (AvgIpc) is 2.32. The number of hydrogen-bond donors (Lipinski definition) is 1. The second-order valence-electron chi connectivity index (χ2n) is 5.13. The molecular weight excluding hydrogens is 335 g/mol. The number of amides is 1. The van der Waals surface area contributed by atoms with Gasteiger partial charge in [-0.2, -0.15) is 13.2 Å². The Bertz CT molecular complexity index is 518. The van der Waals surface area contributed by atoms with Crippen LogP contribution in [0, 0.1) is 0 Å². The van der Waals surface area contributed by atoms with Crippen LogP contribution in [0.5, 0.6) is 0 Å². The van der Waals surface area contributed by atoms with Crippen LogP contribution in [0.1, 0.15) is 48.5 Å². The van der Waals surface area contributed by atoms with E-state index in [-0.39, 0.29) is 15.6 Å². The maximum Gasteiger partial charge on any atom is 0.417 e. The summed E-state index contributed by atoms with van der Waals surface area (Å²) in [5.74, 6) is -0.440. The minimum Gasteiger partial charge on any atom is -0.347 e.